The second kappa shape index (κ2) is 6.31. The molecular formula is C17H11F6NO2. The highest BCUT2D eigenvalue weighted by molar-refractivity contribution is 5.86. The number of halogens is 6. The molecule has 0 spiro atoms. The summed E-state index contributed by atoms with van der Waals surface area (Å²) in [5, 5.41) is 10.0. The predicted octanol–water partition coefficient (Wildman–Crippen LogP) is 5.14. The van der Waals surface area contributed by atoms with Crippen LogP contribution in [0.1, 0.15) is 28.7 Å². The van der Waals surface area contributed by atoms with Gasteiger partial charge in [0.05, 0.1) is 17.3 Å². The Balaban J connectivity index is 2.20. The molecule has 0 aliphatic rings. The molecule has 0 saturated heterocycles. The summed E-state index contributed by atoms with van der Waals surface area (Å²) in [6.45, 7) is 0. The van der Waals surface area contributed by atoms with E-state index in [2.05, 4.69) is 4.98 Å². The number of aliphatic hydroxyl groups excluding tert-OH is 1. The summed E-state index contributed by atoms with van der Waals surface area (Å²) in [7, 11) is 0. The van der Waals surface area contributed by atoms with E-state index in [-0.39, 0.29) is 23.1 Å². The Hall–Kier alpha value is -2.55. The standard InChI is InChI=1S/C17H11F6NO2/c18-16(19,20)11-4-1-3-10-9(7-12(25)13-5-2-6-26-13)8-14(17(21,22)23)24-15(10)11/h1-6,8,12,25H,7H2. The van der Waals surface area contributed by atoms with Crippen LogP contribution in [-0.4, -0.2) is 10.1 Å². The second-order valence-corrected chi connectivity index (χ2v) is 5.60. The summed E-state index contributed by atoms with van der Waals surface area (Å²) in [4.78, 5) is 3.19. The summed E-state index contributed by atoms with van der Waals surface area (Å²) >= 11 is 0. The van der Waals surface area contributed by atoms with Crippen LogP contribution in [0.15, 0.2) is 47.1 Å². The van der Waals surface area contributed by atoms with Crippen LogP contribution in [0.4, 0.5) is 26.3 Å². The van der Waals surface area contributed by atoms with E-state index in [1.807, 2.05) is 0 Å². The van der Waals surface area contributed by atoms with E-state index in [0.29, 0.717) is 12.1 Å². The number of alkyl halides is 6. The molecule has 1 unspecified atom stereocenters. The first-order chi connectivity index (χ1) is 12.1. The molecule has 138 valence electrons. The van der Waals surface area contributed by atoms with Crippen molar-refractivity contribution < 1.29 is 35.9 Å². The maximum atomic E-state index is 13.2. The Morgan fingerprint density at radius 1 is 1.00 bits per heavy atom. The van der Waals surface area contributed by atoms with Gasteiger partial charge in [-0.1, -0.05) is 12.1 Å². The largest absolute Gasteiger partial charge is 0.467 e. The highest BCUT2D eigenvalue weighted by atomic mass is 19.4. The smallest absolute Gasteiger partial charge is 0.433 e. The second-order valence-electron chi connectivity index (χ2n) is 5.60. The minimum Gasteiger partial charge on any atom is -0.467 e. The molecule has 2 heterocycles. The molecule has 0 aliphatic heterocycles. The normalized spacial score (nSPS) is 14.0. The summed E-state index contributed by atoms with van der Waals surface area (Å²) in [5.74, 6) is 0.0931. The SMILES string of the molecule is OC(Cc1cc(C(F)(F)F)nc2c(C(F)(F)F)cccc12)c1ccco1. The molecule has 1 atom stereocenters. The number of furan rings is 1. The lowest BCUT2D eigenvalue weighted by Crippen LogP contribution is -2.13. The number of pyridine rings is 1. The van der Waals surface area contributed by atoms with Gasteiger partial charge in [0.15, 0.2) is 0 Å². The van der Waals surface area contributed by atoms with Gasteiger partial charge >= 0.3 is 12.4 Å². The Morgan fingerprint density at radius 2 is 1.73 bits per heavy atom. The lowest BCUT2D eigenvalue weighted by Gasteiger charge is -2.16. The maximum absolute atomic E-state index is 13.2. The lowest BCUT2D eigenvalue weighted by atomic mass is 9.98. The molecule has 0 bridgehead atoms. The van der Waals surface area contributed by atoms with Gasteiger partial charge in [-0.15, -0.1) is 0 Å². The zero-order valence-electron chi connectivity index (χ0n) is 12.9. The number of hydrogen-bond donors (Lipinski definition) is 1. The Morgan fingerprint density at radius 3 is 2.31 bits per heavy atom. The van der Waals surface area contributed by atoms with Crippen LogP contribution >= 0.6 is 0 Å². The third-order valence-electron chi connectivity index (χ3n) is 3.81. The van der Waals surface area contributed by atoms with Crippen LogP contribution in [-0.2, 0) is 18.8 Å². The van der Waals surface area contributed by atoms with Crippen molar-refractivity contribution in [3.63, 3.8) is 0 Å². The first kappa shape index (κ1) is 18.2. The highest BCUT2D eigenvalue weighted by Gasteiger charge is 2.37. The molecule has 26 heavy (non-hydrogen) atoms. The molecule has 0 aliphatic carbocycles. The molecular weight excluding hydrogens is 364 g/mol. The first-order valence-electron chi connectivity index (χ1n) is 7.36. The van der Waals surface area contributed by atoms with E-state index in [1.165, 1.54) is 24.5 Å². The molecule has 0 amide bonds. The number of aliphatic hydroxyl groups is 1. The van der Waals surface area contributed by atoms with Gasteiger partial charge in [0.2, 0.25) is 0 Å². The molecule has 2 aromatic heterocycles. The van der Waals surface area contributed by atoms with Crippen molar-refractivity contribution in [2.24, 2.45) is 0 Å². The Labute approximate surface area is 142 Å². The number of para-hydroxylation sites is 1. The van der Waals surface area contributed by atoms with Crippen molar-refractivity contribution in [2.75, 3.05) is 0 Å². The van der Waals surface area contributed by atoms with Gasteiger partial charge in [-0.3, -0.25) is 0 Å². The molecule has 0 saturated carbocycles. The van der Waals surface area contributed by atoms with Crippen LogP contribution in [0.5, 0.6) is 0 Å². The first-order valence-corrected chi connectivity index (χ1v) is 7.36. The quantitative estimate of drug-likeness (QED) is 0.645. The van der Waals surface area contributed by atoms with Crippen LogP contribution in [0.25, 0.3) is 10.9 Å². The van der Waals surface area contributed by atoms with Gasteiger partial charge in [0.1, 0.15) is 17.6 Å². The van der Waals surface area contributed by atoms with E-state index < -0.39 is 35.2 Å². The fourth-order valence-corrected chi connectivity index (χ4v) is 2.65. The van der Waals surface area contributed by atoms with Gasteiger partial charge in [-0.05, 0) is 29.8 Å². The topological polar surface area (TPSA) is 46.3 Å². The zero-order chi connectivity index (χ0) is 19.1. The third-order valence-corrected chi connectivity index (χ3v) is 3.81. The molecule has 9 heteroatoms. The van der Waals surface area contributed by atoms with Crippen LogP contribution < -0.4 is 0 Å². The van der Waals surface area contributed by atoms with E-state index in [1.54, 1.807) is 0 Å². The number of fused-ring (bicyclic) bond motifs is 1. The number of aromatic nitrogens is 1. The van der Waals surface area contributed by atoms with Crippen molar-refractivity contribution in [1.29, 1.82) is 0 Å². The summed E-state index contributed by atoms with van der Waals surface area (Å²) in [6, 6.07) is 6.54. The Kier molecular flexibility index (Phi) is 4.43. The number of nitrogens with zero attached hydrogens (tertiary/aromatic N) is 1. The van der Waals surface area contributed by atoms with E-state index >= 15 is 0 Å². The fourth-order valence-electron chi connectivity index (χ4n) is 2.65. The monoisotopic (exact) mass is 375 g/mol. The fraction of sp³-hybridized carbons (Fsp3) is 0.235. The highest BCUT2D eigenvalue weighted by Crippen LogP contribution is 2.38. The van der Waals surface area contributed by atoms with Gasteiger partial charge in [-0.25, -0.2) is 4.98 Å². The number of rotatable bonds is 3. The average molecular weight is 375 g/mol. The van der Waals surface area contributed by atoms with Crippen molar-refractivity contribution in [3.05, 3.63) is 65.2 Å². The predicted molar refractivity (Wildman–Crippen MR) is 79.1 cm³/mol. The minimum absolute atomic E-state index is 0.0931. The van der Waals surface area contributed by atoms with E-state index in [4.69, 9.17) is 4.42 Å². The Bertz CT molecular complexity index is 915. The van der Waals surface area contributed by atoms with Crippen LogP contribution in [0, 0.1) is 0 Å². The number of benzene rings is 1. The van der Waals surface area contributed by atoms with Gasteiger partial charge in [-0.2, -0.15) is 26.3 Å². The van der Waals surface area contributed by atoms with Crippen molar-refractivity contribution in [3.8, 4) is 0 Å². The van der Waals surface area contributed by atoms with Gasteiger partial charge in [0.25, 0.3) is 0 Å². The summed E-state index contributed by atoms with van der Waals surface area (Å²) in [5.41, 5.74) is -3.65. The van der Waals surface area contributed by atoms with Crippen molar-refractivity contribution >= 4 is 10.9 Å². The van der Waals surface area contributed by atoms with Crippen LogP contribution in [0.2, 0.25) is 0 Å². The molecule has 1 aromatic carbocycles. The lowest BCUT2D eigenvalue weighted by molar-refractivity contribution is -0.142. The number of hydrogen-bond acceptors (Lipinski definition) is 3. The molecule has 0 fully saturated rings. The van der Waals surface area contributed by atoms with Crippen molar-refractivity contribution in [1.82, 2.24) is 4.98 Å². The van der Waals surface area contributed by atoms with E-state index in [0.717, 1.165) is 6.07 Å². The molecule has 3 aromatic rings. The zero-order valence-corrected chi connectivity index (χ0v) is 12.9. The van der Waals surface area contributed by atoms with E-state index in [9.17, 15) is 31.4 Å². The molecule has 3 rings (SSSR count). The third kappa shape index (κ3) is 3.52. The molecule has 3 nitrogen and oxygen atoms in total. The molecule has 1 N–H and O–H groups in total. The van der Waals surface area contributed by atoms with Crippen molar-refractivity contribution in [2.45, 2.75) is 24.9 Å². The minimum atomic E-state index is -4.93. The van der Waals surface area contributed by atoms with Gasteiger partial charge in [0, 0.05) is 11.8 Å². The summed E-state index contributed by atoms with van der Waals surface area (Å²) in [6.07, 6.45) is -10.2. The average Bonchev–Trinajstić information content (AvgIpc) is 3.07. The van der Waals surface area contributed by atoms with Gasteiger partial charge < -0.3 is 9.52 Å². The molecule has 0 radical (unpaired) electrons. The van der Waals surface area contributed by atoms with Crippen LogP contribution in [0.3, 0.4) is 0 Å². The maximum Gasteiger partial charge on any atom is 0.433 e. The summed E-state index contributed by atoms with van der Waals surface area (Å²) < 4.78 is 83.9.